The molecule has 0 heterocycles. The Hall–Kier alpha value is -0.980. The Morgan fingerprint density at radius 2 is 1.69 bits per heavy atom. The molecule has 90 valence electrons. The minimum Gasteiger partial charge on any atom is -0.497 e. The SMILES string of the molecule is COc1ccc(CCC(C)C(C)(C)C)cc1. The quantitative estimate of drug-likeness (QED) is 0.734. The standard InChI is InChI=1S/C15H24O/c1-12(15(2,3)4)6-7-13-8-10-14(16-5)11-9-13/h8-12H,6-7H2,1-5H3. The van der Waals surface area contributed by atoms with Gasteiger partial charge in [0, 0.05) is 0 Å². The van der Waals surface area contributed by atoms with Crippen LogP contribution in [0.3, 0.4) is 0 Å². The van der Waals surface area contributed by atoms with E-state index in [9.17, 15) is 0 Å². The molecule has 1 rings (SSSR count). The first-order chi connectivity index (χ1) is 7.43. The van der Waals surface area contributed by atoms with Crippen LogP contribution in [0.25, 0.3) is 0 Å². The number of methoxy groups -OCH3 is 1. The molecule has 0 saturated heterocycles. The van der Waals surface area contributed by atoms with Crippen LogP contribution in [0.1, 0.15) is 39.7 Å². The summed E-state index contributed by atoms with van der Waals surface area (Å²) in [5.41, 5.74) is 1.81. The summed E-state index contributed by atoms with van der Waals surface area (Å²) >= 11 is 0. The van der Waals surface area contributed by atoms with E-state index in [0.29, 0.717) is 5.41 Å². The molecule has 0 spiro atoms. The smallest absolute Gasteiger partial charge is 0.118 e. The maximum atomic E-state index is 5.15. The van der Waals surface area contributed by atoms with Crippen LogP contribution < -0.4 is 4.74 Å². The molecule has 0 aliphatic rings. The van der Waals surface area contributed by atoms with Crippen molar-refractivity contribution in [3.8, 4) is 5.75 Å². The van der Waals surface area contributed by atoms with Gasteiger partial charge in [-0.1, -0.05) is 39.8 Å². The lowest BCUT2D eigenvalue weighted by molar-refractivity contribution is 0.247. The van der Waals surface area contributed by atoms with Crippen molar-refractivity contribution < 1.29 is 4.74 Å². The summed E-state index contributed by atoms with van der Waals surface area (Å²) < 4.78 is 5.15. The molecule has 1 nitrogen and oxygen atoms in total. The third-order valence-corrected chi connectivity index (χ3v) is 3.50. The van der Waals surface area contributed by atoms with Gasteiger partial charge < -0.3 is 4.74 Å². The minimum absolute atomic E-state index is 0.409. The zero-order valence-corrected chi connectivity index (χ0v) is 11.2. The van der Waals surface area contributed by atoms with Crippen LogP contribution in [-0.2, 0) is 6.42 Å². The second-order valence-corrected chi connectivity index (χ2v) is 5.65. The second-order valence-electron chi connectivity index (χ2n) is 5.65. The number of ether oxygens (including phenoxy) is 1. The fourth-order valence-corrected chi connectivity index (χ4v) is 1.61. The van der Waals surface area contributed by atoms with Crippen molar-refractivity contribution in [3.63, 3.8) is 0 Å². The predicted molar refractivity (Wildman–Crippen MR) is 69.9 cm³/mol. The second kappa shape index (κ2) is 5.38. The van der Waals surface area contributed by atoms with Crippen molar-refractivity contribution in [2.45, 2.75) is 40.5 Å². The van der Waals surface area contributed by atoms with E-state index in [0.717, 1.165) is 18.1 Å². The summed E-state index contributed by atoms with van der Waals surface area (Å²) in [5, 5.41) is 0. The van der Waals surface area contributed by atoms with Crippen LogP contribution in [0, 0.1) is 11.3 Å². The largest absolute Gasteiger partial charge is 0.497 e. The number of benzene rings is 1. The molecule has 1 heteroatoms. The van der Waals surface area contributed by atoms with Crippen LogP contribution in [0.5, 0.6) is 5.75 Å². The number of hydrogen-bond acceptors (Lipinski definition) is 1. The lowest BCUT2D eigenvalue weighted by Gasteiger charge is -2.27. The summed E-state index contributed by atoms with van der Waals surface area (Å²) in [5.74, 6) is 1.68. The fraction of sp³-hybridized carbons (Fsp3) is 0.600. The molecular weight excluding hydrogens is 196 g/mol. The molecule has 1 unspecified atom stereocenters. The van der Waals surface area contributed by atoms with E-state index < -0.39 is 0 Å². The summed E-state index contributed by atoms with van der Waals surface area (Å²) in [6.07, 6.45) is 2.40. The van der Waals surface area contributed by atoms with Crippen molar-refractivity contribution in [3.05, 3.63) is 29.8 Å². The molecule has 0 amide bonds. The van der Waals surface area contributed by atoms with Crippen molar-refractivity contribution in [1.82, 2.24) is 0 Å². The van der Waals surface area contributed by atoms with Gasteiger partial charge in [0.25, 0.3) is 0 Å². The minimum atomic E-state index is 0.409. The van der Waals surface area contributed by atoms with Crippen molar-refractivity contribution in [1.29, 1.82) is 0 Å². The molecule has 0 saturated carbocycles. The Morgan fingerprint density at radius 3 is 2.12 bits per heavy atom. The van der Waals surface area contributed by atoms with Gasteiger partial charge in [-0.3, -0.25) is 0 Å². The lowest BCUT2D eigenvalue weighted by atomic mass is 9.79. The average molecular weight is 220 g/mol. The molecule has 1 aromatic rings. The fourth-order valence-electron chi connectivity index (χ4n) is 1.61. The lowest BCUT2D eigenvalue weighted by Crippen LogP contribution is -2.17. The van der Waals surface area contributed by atoms with Gasteiger partial charge in [0.2, 0.25) is 0 Å². The van der Waals surface area contributed by atoms with E-state index in [1.54, 1.807) is 7.11 Å². The van der Waals surface area contributed by atoms with Gasteiger partial charge in [-0.15, -0.1) is 0 Å². The zero-order chi connectivity index (χ0) is 12.2. The van der Waals surface area contributed by atoms with Gasteiger partial charge in [-0.2, -0.15) is 0 Å². The number of rotatable bonds is 4. The molecule has 0 radical (unpaired) electrons. The molecule has 0 fully saturated rings. The molecule has 1 atom stereocenters. The Labute approximate surface area is 99.8 Å². The molecule has 16 heavy (non-hydrogen) atoms. The Morgan fingerprint density at radius 1 is 1.12 bits per heavy atom. The van der Waals surface area contributed by atoms with Crippen molar-refractivity contribution in [2.24, 2.45) is 11.3 Å². The van der Waals surface area contributed by atoms with E-state index >= 15 is 0 Å². The van der Waals surface area contributed by atoms with Crippen LogP contribution in [0.2, 0.25) is 0 Å². The van der Waals surface area contributed by atoms with Gasteiger partial charge >= 0.3 is 0 Å². The van der Waals surface area contributed by atoms with E-state index in [1.807, 2.05) is 12.1 Å². The average Bonchev–Trinajstić information content (AvgIpc) is 2.25. The summed E-state index contributed by atoms with van der Waals surface area (Å²) in [6.45, 7) is 9.27. The molecule has 0 bridgehead atoms. The van der Waals surface area contributed by atoms with Crippen LogP contribution >= 0.6 is 0 Å². The van der Waals surface area contributed by atoms with Gasteiger partial charge in [0.15, 0.2) is 0 Å². The maximum Gasteiger partial charge on any atom is 0.118 e. The van der Waals surface area contributed by atoms with Gasteiger partial charge in [0.1, 0.15) is 5.75 Å². The normalized spacial score (nSPS) is 13.6. The third kappa shape index (κ3) is 3.88. The van der Waals surface area contributed by atoms with Crippen LogP contribution in [0.15, 0.2) is 24.3 Å². The molecule has 0 N–H and O–H groups in total. The highest BCUT2D eigenvalue weighted by molar-refractivity contribution is 5.27. The zero-order valence-electron chi connectivity index (χ0n) is 11.2. The first kappa shape index (κ1) is 13.1. The van der Waals surface area contributed by atoms with Crippen LogP contribution in [0.4, 0.5) is 0 Å². The Balaban J connectivity index is 2.48. The molecule has 0 aliphatic heterocycles. The Kier molecular flexibility index (Phi) is 4.40. The first-order valence-electron chi connectivity index (χ1n) is 6.06. The topological polar surface area (TPSA) is 9.23 Å². The number of aryl methyl sites for hydroxylation is 1. The molecule has 0 aliphatic carbocycles. The van der Waals surface area contributed by atoms with Crippen LogP contribution in [-0.4, -0.2) is 7.11 Å². The predicted octanol–water partition coefficient (Wildman–Crippen LogP) is 4.31. The molecular formula is C15H24O. The van der Waals surface area contributed by atoms with Gasteiger partial charge in [-0.25, -0.2) is 0 Å². The highest BCUT2D eigenvalue weighted by atomic mass is 16.5. The highest BCUT2D eigenvalue weighted by Crippen LogP contribution is 2.29. The van der Waals surface area contributed by atoms with Gasteiger partial charge in [0.05, 0.1) is 7.11 Å². The Bertz CT molecular complexity index is 305. The first-order valence-corrected chi connectivity index (χ1v) is 6.06. The molecule has 1 aromatic carbocycles. The van der Waals surface area contributed by atoms with E-state index in [4.69, 9.17) is 4.74 Å². The monoisotopic (exact) mass is 220 g/mol. The highest BCUT2D eigenvalue weighted by Gasteiger charge is 2.19. The van der Waals surface area contributed by atoms with E-state index in [-0.39, 0.29) is 0 Å². The maximum absolute atomic E-state index is 5.15. The summed E-state index contributed by atoms with van der Waals surface area (Å²) in [4.78, 5) is 0. The van der Waals surface area contributed by atoms with Gasteiger partial charge in [-0.05, 0) is 41.9 Å². The van der Waals surface area contributed by atoms with E-state index in [1.165, 1.54) is 12.0 Å². The van der Waals surface area contributed by atoms with Crippen molar-refractivity contribution >= 4 is 0 Å². The molecule has 0 aromatic heterocycles. The van der Waals surface area contributed by atoms with E-state index in [2.05, 4.69) is 39.8 Å². The summed E-state index contributed by atoms with van der Waals surface area (Å²) in [7, 11) is 1.71. The third-order valence-electron chi connectivity index (χ3n) is 3.50. The summed E-state index contributed by atoms with van der Waals surface area (Å²) in [6, 6.07) is 8.40. The van der Waals surface area contributed by atoms with Crippen molar-refractivity contribution in [2.75, 3.05) is 7.11 Å². The number of hydrogen-bond donors (Lipinski definition) is 0.